The second kappa shape index (κ2) is 8.28. The number of ether oxygens (including phenoxy) is 1. The minimum atomic E-state index is -0.606. The van der Waals surface area contributed by atoms with Crippen LogP contribution in [0.2, 0.25) is 5.02 Å². The minimum Gasteiger partial charge on any atom is -0.462 e. The van der Waals surface area contributed by atoms with E-state index in [0.29, 0.717) is 16.5 Å². The van der Waals surface area contributed by atoms with Gasteiger partial charge in [0.05, 0.1) is 27.7 Å². The molecule has 1 amide bonds. The molecule has 0 fully saturated rings. The third kappa shape index (κ3) is 4.02. The standard InChI is InChI=1S/C19H19ClN2O5S/c1-3-27-19(24)16-12-6-4-10(2)8-15(12)28-18(16)21-17(23)13-9-11(22(25)26)5-7-14(13)20/h5,7,9-10H,3-4,6,8H2,1-2H3,(H,21,23). The van der Waals surface area contributed by atoms with Gasteiger partial charge in [-0.1, -0.05) is 18.5 Å². The van der Waals surface area contributed by atoms with E-state index in [-0.39, 0.29) is 22.9 Å². The number of halogens is 1. The van der Waals surface area contributed by atoms with Crippen molar-refractivity contribution in [3.05, 3.63) is 54.9 Å². The number of hydrogen-bond donors (Lipinski definition) is 1. The highest BCUT2D eigenvalue weighted by molar-refractivity contribution is 7.17. The van der Waals surface area contributed by atoms with E-state index in [1.165, 1.54) is 23.5 Å². The lowest BCUT2D eigenvalue weighted by molar-refractivity contribution is -0.384. The number of fused-ring (bicyclic) bond motifs is 1. The van der Waals surface area contributed by atoms with Crippen molar-refractivity contribution in [2.24, 2.45) is 5.92 Å². The van der Waals surface area contributed by atoms with Crippen LogP contribution in [0.25, 0.3) is 0 Å². The molecule has 1 aromatic heterocycles. The largest absolute Gasteiger partial charge is 0.462 e. The summed E-state index contributed by atoms with van der Waals surface area (Å²) in [6.07, 6.45) is 2.54. The van der Waals surface area contributed by atoms with Crippen molar-refractivity contribution in [1.29, 1.82) is 0 Å². The van der Waals surface area contributed by atoms with Gasteiger partial charge in [0, 0.05) is 17.0 Å². The van der Waals surface area contributed by atoms with E-state index >= 15 is 0 Å². The molecule has 1 aliphatic carbocycles. The molecule has 9 heteroatoms. The first kappa shape index (κ1) is 20.3. The Labute approximate surface area is 170 Å². The fourth-order valence-electron chi connectivity index (χ4n) is 3.23. The summed E-state index contributed by atoms with van der Waals surface area (Å²) in [6, 6.07) is 3.66. The summed E-state index contributed by atoms with van der Waals surface area (Å²) in [4.78, 5) is 36.7. The van der Waals surface area contributed by atoms with E-state index in [1.54, 1.807) is 6.92 Å². The molecule has 1 unspecified atom stereocenters. The van der Waals surface area contributed by atoms with Gasteiger partial charge in [0.1, 0.15) is 5.00 Å². The quantitative estimate of drug-likeness (QED) is 0.421. The predicted octanol–water partition coefficient (Wildman–Crippen LogP) is 4.86. The molecule has 1 heterocycles. The fourth-order valence-corrected chi connectivity index (χ4v) is 4.83. The molecule has 2 aromatic rings. The molecule has 1 N–H and O–H groups in total. The van der Waals surface area contributed by atoms with Crippen molar-refractivity contribution in [3.63, 3.8) is 0 Å². The molecule has 7 nitrogen and oxygen atoms in total. The zero-order valence-electron chi connectivity index (χ0n) is 15.4. The molecule has 0 radical (unpaired) electrons. The highest BCUT2D eigenvalue weighted by Crippen LogP contribution is 2.40. The van der Waals surface area contributed by atoms with Gasteiger partial charge in [0.25, 0.3) is 11.6 Å². The third-order valence-electron chi connectivity index (χ3n) is 4.62. The molecule has 0 aliphatic heterocycles. The van der Waals surface area contributed by atoms with Crippen LogP contribution in [0.4, 0.5) is 10.7 Å². The average Bonchev–Trinajstić information content (AvgIpc) is 2.98. The van der Waals surface area contributed by atoms with Crippen molar-refractivity contribution in [3.8, 4) is 0 Å². The SMILES string of the molecule is CCOC(=O)c1c(NC(=O)c2cc([N+](=O)[O-])ccc2Cl)sc2c1CCC(C)C2. The van der Waals surface area contributed by atoms with Crippen molar-refractivity contribution < 1.29 is 19.2 Å². The molecule has 3 rings (SSSR count). The van der Waals surface area contributed by atoms with Crippen LogP contribution < -0.4 is 5.32 Å². The van der Waals surface area contributed by atoms with E-state index in [2.05, 4.69) is 12.2 Å². The molecule has 0 spiro atoms. The number of nitro benzene ring substituents is 1. The van der Waals surface area contributed by atoms with Crippen LogP contribution in [-0.2, 0) is 17.6 Å². The zero-order chi connectivity index (χ0) is 20.4. The lowest BCUT2D eigenvalue weighted by atomic mass is 9.88. The Morgan fingerprint density at radius 2 is 2.18 bits per heavy atom. The summed E-state index contributed by atoms with van der Waals surface area (Å²) in [5.41, 5.74) is 1.04. The van der Waals surface area contributed by atoms with Crippen LogP contribution in [0.15, 0.2) is 18.2 Å². The maximum Gasteiger partial charge on any atom is 0.341 e. The molecule has 28 heavy (non-hydrogen) atoms. The smallest absolute Gasteiger partial charge is 0.341 e. The first-order valence-electron chi connectivity index (χ1n) is 8.88. The Kier molecular flexibility index (Phi) is 6.00. The summed E-state index contributed by atoms with van der Waals surface area (Å²) in [7, 11) is 0. The molecule has 0 bridgehead atoms. The van der Waals surface area contributed by atoms with E-state index in [0.717, 1.165) is 35.8 Å². The number of carbonyl (C=O) groups excluding carboxylic acids is 2. The monoisotopic (exact) mass is 422 g/mol. The second-order valence-corrected chi connectivity index (χ2v) is 8.16. The number of rotatable bonds is 5. The number of hydrogen-bond acceptors (Lipinski definition) is 6. The molecule has 1 aliphatic rings. The maximum atomic E-state index is 12.8. The summed E-state index contributed by atoms with van der Waals surface area (Å²) >= 11 is 7.41. The van der Waals surface area contributed by atoms with Crippen molar-refractivity contribution >= 4 is 45.5 Å². The fraction of sp³-hybridized carbons (Fsp3) is 0.368. The lowest BCUT2D eigenvalue weighted by Gasteiger charge is -2.18. The Morgan fingerprint density at radius 3 is 2.86 bits per heavy atom. The summed E-state index contributed by atoms with van der Waals surface area (Å²) in [5.74, 6) is -0.586. The van der Waals surface area contributed by atoms with Gasteiger partial charge in [-0.2, -0.15) is 0 Å². The van der Waals surface area contributed by atoms with Crippen molar-refractivity contribution in [2.75, 3.05) is 11.9 Å². The normalized spacial score (nSPS) is 15.6. The van der Waals surface area contributed by atoms with Crippen LogP contribution in [0.3, 0.4) is 0 Å². The number of non-ortho nitro benzene ring substituents is 1. The number of esters is 1. The molecular formula is C19H19ClN2O5S. The van der Waals surface area contributed by atoms with Gasteiger partial charge in [0.2, 0.25) is 0 Å². The Morgan fingerprint density at radius 1 is 1.43 bits per heavy atom. The molecule has 148 valence electrons. The van der Waals surface area contributed by atoms with Gasteiger partial charge in [-0.25, -0.2) is 4.79 Å². The number of carbonyl (C=O) groups is 2. The van der Waals surface area contributed by atoms with E-state index in [9.17, 15) is 19.7 Å². The number of benzene rings is 1. The number of nitrogens with zero attached hydrogens (tertiary/aromatic N) is 1. The molecule has 0 saturated carbocycles. The van der Waals surface area contributed by atoms with Crippen LogP contribution in [0.1, 0.15) is 51.4 Å². The van der Waals surface area contributed by atoms with Crippen LogP contribution in [0, 0.1) is 16.0 Å². The van der Waals surface area contributed by atoms with Crippen LogP contribution in [-0.4, -0.2) is 23.4 Å². The van der Waals surface area contributed by atoms with Crippen molar-refractivity contribution in [1.82, 2.24) is 0 Å². The van der Waals surface area contributed by atoms with Gasteiger partial charge in [-0.05, 0) is 43.7 Å². The van der Waals surface area contributed by atoms with Gasteiger partial charge in [-0.3, -0.25) is 14.9 Å². The van der Waals surface area contributed by atoms with Gasteiger partial charge in [0.15, 0.2) is 0 Å². The number of nitro groups is 1. The van der Waals surface area contributed by atoms with E-state index in [4.69, 9.17) is 16.3 Å². The van der Waals surface area contributed by atoms with E-state index in [1.807, 2.05) is 0 Å². The Hall–Kier alpha value is -2.45. The van der Waals surface area contributed by atoms with Crippen LogP contribution in [0.5, 0.6) is 0 Å². The highest BCUT2D eigenvalue weighted by Gasteiger charge is 2.29. The molecule has 1 atom stereocenters. The van der Waals surface area contributed by atoms with Gasteiger partial charge >= 0.3 is 5.97 Å². The Bertz CT molecular complexity index is 956. The average molecular weight is 423 g/mol. The topological polar surface area (TPSA) is 98.5 Å². The molecule has 0 saturated heterocycles. The van der Waals surface area contributed by atoms with E-state index < -0.39 is 16.8 Å². The first-order valence-corrected chi connectivity index (χ1v) is 10.1. The second-order valence-electron chi connectivity index (χ2n) is 6.65. The summed E-state index contributed by atoms with van der Waals surface area (Å²) in [5, 5.41) is 14.2. The first-order chi connectivity index (χ1) is 13.3. The third-order valence-corrected chi connectivity index (χ3v) is 6.12. The van der Waals surface area contributed by atoms with Crippen molar-refractivity contribution in [2.45, 2.75) is 33.1 Å². The Balaban J connectivity index is 1.98. The number of amides is 1. The molecule has 1 aromatic carbocycles. The highest BCUT2D eigenvalue weighted by atomic mass is 35.5. The number of thiophene rings is 1. The number of anilines is 1. The van der Waals surface area contributed by atoms with Crippen LogP contribution >= 0.6 is 22.9 Å². The summed E-state index contributed by atoms with van der Waals surface area (Å²) < 4.78 is 5.18. The lowest BCUT2D eigenvalue weighted by Crippen LogP contribution is -2.17. The zero-order valence-corrected chi connectivity index (χ0v) is 17.0. The predicted molar refractivity (Wildman–Crippen MR) is 108 cm³/mol. The van der Waals surface area contributed by atoms with Gasteiger partial charge < -0.3 is 10.1 Å². The maximum absolute atomic E-state index is 12.8. The number of nitrogens with one attached hydrogen (secondary N) is 1. The summed E-state index contributed by atoms with van der Waals surface area (Å²) in [6.45, 7) is 4.09. The molecular weight excluding hydrogens is 404 g/mol. The minimum absolute atomic E-state index is 0.0228. The van der Waals surface area contributed by atoms with Gasteiger partial charge in [-0.15, -0.1) is 11.3 Å².